The molecule has 1 aromatic carbocycles. The first-order chi connectivity index (χ1) is 11.4. The summed E-state index contributed by atoms with van der Waals surface area (Å²) in [6, 6.07) is 5.70. The summed E-state index contributed by atoms with van der Waals surface area (Å²) >= 11 is 0. The number of ether oxygens (including phenoxy) is 1. The molecular weight excluding hydrogens is 308 g/mol. The standard InChI is InChI=1S/C18H26N2O4/c1-12-5-4-6-13(2)16(12)24-11-14(3)19-18(23)20-9-7-15(8-10-20)17(21)22/h4-6,14-15H,7-11H2,1-3H3,(H,19,23)(H,21,22). The Balaban J connectivity index is 1.79. The van der Waals surface area contributed by atoms with Gasteiger partial charge in [0.05, 0.1) is 12.0 Å². The molecule has 1 atom stereocenters. The third-order valence-electron chi connectivity index (χ3n) is 4.39. The van der Waals surface area contributed by atoms with Gasteiger partial charge in [-0.15, -0.1) is 0 Å². The molecule has 6 nitrogen and oxygen atoms in total. The first-order valence-electron chi connectivity index (χ1n) is 8.35. The summed E-state index contributed by atoms with van der Waals surface area (Å²) in [7, 11) is 0. The summed E-state index contributed by atoms with van der Waals surface area (Å²) < 4.78 is 5.86. The third kappa shape index (κ3) is 4.63. The van der Waals surface area contributed by atoms with Crippen LogP contribution in [0.25, 0.3) is 0 Å². The summed E-state index contributed by atoms with van der Waals surface area (Å²) in [6.07, 6.45) is 1.02. The van der Waals surface area contributed by atoms with Crippen LogP contribution in [0.3, 0.4) is 0 Å². The fourth-order valence-electron chi connectivity index (χ4n) is 2.91. The van der Waals surface area contributed by atoms with Crippen LogP contribution in [0, 0.1) is 19.8 Å². The second-order valence-corrected chi connectivity index (χ2v) is 6.48. The van der Waals surface area contributed by atoms with E-state index in [2.05, 4.69) is 5.32 Å². The Kier molecular flexibility index (Phi) is 6.06. The van der Waals surface area contributed by atoms with Gasteiger partial charge >= 0.3 is 12.0 Å². The summed E-state index contributed by atoms with van der Waals surface area (Å²) in [6.45, 7) is 7.25. The van der Waals surface area contributed by atoms with Crippen LogP contribution in [-0.4, -0.2) is 47.7 Å². The van der Waals surface area contributed by atoms with E-state index in [1.165, 1.54) is 0 Å². The van der Waals surface area contributed by atoms with Crippen molar-refractivity contribution in [3.8, 4) is 5.75 Å². The minimum Gasteiger partial charge on any atom is -0.491 e. The number of carboxylic acids is 1. The zero-order valence-electron chi connectivity index (χ0n) is 14.5. The molecule has 132 valence electrons. The van der Waals surface area contributed by atoms with Gasteiger partial charge in [-0.25, -0.2) is 4.79 Å². The molecule has 0 bridgehead atoms. The first-order valence-corrected chi connectivity index (χ1v) is 8.35. The van der Waals surface area contributed by atoms with E-state index in [1.807, 2.05) is 39.0 Å². The minimum atomic E-state index is -0.773. The number of nitrogens with one attached hydrogen (secondary N) is 1. The average Bonchev–Trinajstić information content (AvgIpc) is 2.54. The van der Waals surface area contributed by atoms with Crippen LogP contribution >= 0.6 is 0 Å². The van der Waals surface area contributed by atoms with Gasteiger partial charge in [0.2, 0.25) is 0 Å². The number of benzene rings is 1. The number of para-hydroxylation sites is 1. The second-order valence-electron chi connectivity index (χ2n) is 6.48. The predicted molar refractivity (Wildman–Crippen MR) is 91.3 cm³/mol. The maximum atomic E-state index is 12.2. The Labute approximate surface area is 142 Å². The van der Waals surface area contributed by atoms with E-state index in [0.29, 0.717) is 32.5 Å². The van der Waals surface area contributed by atoms with Gasteiger partial charge < -0.3 is 20.1 Å². The maximum absolute atomic E-state index is 12.2. The normalized spacial score (nSPS) is 16.5. The van der Waals surface area contributed by atoms with E-state index in [4.69, 9.17) is 9.84 Å². The maximum Gasteiger partial charge on any atom is 0.317 e. The molecule has 24 heavy (non-hydrogen) atoms. The Bertz CT molecular complexity index is 574. The van der Waals surface area contributed by atoms with Crippen molar-refractivity contribution in [2.24, 2.45) is 5.92 Å². The highest BCUT2D eigenvalue weighted by Crippen LogP contribution is 2.22. The van der Waals surface area contributed by atoms with Crippen molar-refractivity contribution >= 4 is 12.0 Å². The van der Waals surface area contributed by atoms with Crippen molar-refractivity contribution in [3.63, 3.8) is 0 Å². The number of rotatable bonds is 5. The Hall–Kier alpha value is -2.24. The zero-order valence-corrected chi connectivity index (χ0v) is 14.5. The lowest BCUT2D eigenvalue weighted by Gasteiger charge is -2.31. The number of aryl methyl sites for hydroxylation is 2. The molecule has 1 heterocycles. The van der Waals surface area contributed by atoms with E-state index < -0.39 is 5.97 Å². The topological polar surface area (TPSA) is 78.9 Å². The van der Waals surface area contributed by atoms with Crippen molar-refractivity contribution in [2.45, 2.75) is 39.7 Å². The molecular formula is C18H26N2O4. The highest BCUT2D eigenvalue weighted by molar-refractivity contribution is 5.75. The van der Waals surface area contributed by atoms with Gasteiger partial charge in [-0.05, 0) is 44.7 Å². The highest BCUT2D eigenvalue weighted by Gasteiger charge is 2.27. The molecule has 0 aromatic heterocycles. The van der Waals surface area contributed by atoms with E-state index in [1.54, 1.807) is 4.90 Å². The molecule has 1 aromatic rings. The lowest BCUT2D eigenvalue weighted by molar-refractivity contribution is -0.143. The summed E-state index contributed by atoms with van der Waals surface area (Å²) in [5.74, 6) is -0.245. The number of hydrogen-bond donors (Lipinski definition) is 2. The number of carboxylic acid groups (broad SMARTS) is 1. The Morgan fingerprint density at radius 3 is 2.42 bits per heavy atom. The van der Waals surface area contributed by atoms with Crippen LogP contribution in [0.5, 0.6) is 5.75 Å². The Morgan fingerprint density at radius 1 is 1.29 bits per heavy atom. The molecule has 6 heteroatoms. The van der Waals surface area contributed by atoms with Gasteiger partial charge in [-0.2, -0.15) is 0 Å². The Morgan fingerprint density at radius 2 is 1.88 bits per heavy atom. The lowest BCUT2D eigenvalue weighted by atomic mass is 9.97. The summed E-state index contributed by atoms with van der Waals surface area (Å²) in [5, 5.41) is 11.9. The van der Waals surface area contributed by atoms with Crippen LogP contribution in [-0.2, 0) is 4.79 Å². The molecule has 1 aliphatic heterocycles. The van der Waals surface area contributed by atoms with Crippen LogP contribution in [0.1, 0.15) is 30.9 Å². The molecule has 1 aliphatic rings. The molecule has 0 radical (unpaired) electrons. The van der Waals surface area contributed by atoms with Crippen molar-refractivity contribution < 1.29 is 19.4 Å². The number of amides is 2. The van der Waals surface area contributed by atoms with Crippen molar-refractivity contribution in [1.82, 2.24) is 10.2 Å². The third-order valence-corrected chi connectivity index (χ3v) is 4.39. The fourth-order valence-corrected chi connectivity index (χ4v) is 2.91. The van der Waals surface area contributed by atoms with Crippen LogP contribution < -0.4 is 10.1 Å². The first kappa shape index (κ1) is 18.1. The van der Waals surface area contributed by atoms with Crippen molar-refractivity contribution in [1.29, 1.82) is 0 Å². The number of likely N-dealkylation sites (tertiary alicyclic amines) is 1. The van der Waals surface area contributed by atoms with Gasteiger partial charge in [0.15, 0.2) is 0 Å². The number of carbonyl (C=O) groups excluding carboxylic acids is 1. The average molecular weight is 334 g/mol. The zero-order chi connectivity index (χ0) is 17.7. The molecule has 2 rings (SSSR count). The molecule has 1 unspecified atom stereocenters. The molecule has 1 saturated heterocycles. The van der Waals surface area contributed by atoms with Gasteiger partial charge in [-0.1, -0.05) is 18.2 Å². The van der Waals surface area contributed by atoms with Crippen molar-refractivity contribution in [3.05, 3.63) is 29.3 Å². The van der Waals surface area contributed by atoms with Gasteiger partial charge in [0.25, 0.3) is 0 Å². The van der Waals surface area contributed by atoms with Crippen LogP contribution in [0.15, 0.2) is 18.2 Å². The smallest absolute Gasteiger partial charge is 0.317 e. The molecule has 0 aliphatic carbocycles. The number of carbonyl (C=O) groups is 2. The van der Waals surface area contributed by atoms with E-state index in [9.17, 15) is 9.59 Å². The number of urea groups is 1. The van der Waals surface area contributed by atoms with Crippen molar-refractivity contribution in [2.75, 3.05) is 19.7 Å². The van der Waals surface area contributed by atoms with E-state index in [-0.39, 0.29) is 18.0 Å². The largest absolute Gasteiger partial charge is 0.491 e. The highest BCUT2D eigenvalue weighted by atomic mass is 16.5. The fraction of sp³-hybridized carbons (Fsp3) is 0.556. The minimum absolute atomic E-state index is 0.131. The number of aliphatic carboxylic acids is 1. The van der Waals surface area contributed by atoms with Gasteiger partial charge in [0.1, 0.15) is 12.4 Å². The van der Waals surface area contributed by atoms with Crippen LogP contribution in [0.4, 0.5) is 4.79 Å². The van der Waals surface area contributed by atoms with Gasteiger partial charge in [0, 0.05) is 13.1 Å². The molecule has 1 fully saturated rings. The predicted octanol–water partition coefficient (Wildman–Crippen LogP) is 2.58. The quantitative estimate of drug-likeness (QED) is 0.867. The molecule has 0 spiro atoms. The van der Waals surface area contributed by atoms with Crippen LogP contribution in [0.2, 0.25) is 0 Å². The summed E-state index contributed by atoms with van der Waals surface area (Å²) in [4.78, 5) is 24.9. The van der Waals surface area contributed by atoms with E-state index >= 15 is 0 Å². The second kappa shape index (κ2) is 8.04. The molecule has 2 N–H and O–H groups in total. The number of nitrogens with zero attached hydrogens (tertiary/aromatic N) is 1. The monoisotopic (exact) mass is 334 g/mol. The molecule has 0 saturated carbocycles. The van der Waals surface area contributed by atoms with Gasteiger partial charge in [-0.3, -0.25) is 4.79 Å². The number of hydrogen-bond acceptors (Lipinski definition) is 3. The SMILES string of the molecule is Cc1cccc(C)c1OCC(C)NC(=O)N1CCC(C(=O)O)CC1. The summed E-state index contributed by atoms with van der Waals surface area (Å²) in [5.41, 5.74) is 2.15. The molecule has 2 amide bonds. The number of piperidine rings is 1. The lowest BCUT2D eigenvalue weighted by Crippen LogP contribution is -2.49. The van der Waals surface area contributed by atoms with E-state index in [0.717, 1.165) is 16.9 Å².